The highest BCUT2D eigenvalue weighted by molar-refractivity contribution is 7.89. The minimum absolute atomic E-state index is 0.00355. The van der Waals surface area contributed by atoms with Crippen molar-refractivity contribution in [2.45, 2.75) is 10.8 Å². The molecule has 1 fully saturated rings. The van der Waals surface area contributed by atoms with E-state index >= 15 is 0 Å². The molecule has 0 unspecified atom stereocenters. The number of carbonyl (C=O) groups is 1. The maximum Gasteiger partial charge on any atom is 0.251 e. The number of hydrogen-bond donors (Lipinski definition) is 2. The van der Waals surface area contributed by atoms with E-state index in [1.807, 2.05) is 16.8 Å². The third-order valence-electron chi connectivity index (χ3n) is 4.59. The van der Waals surface area contributed by atoms with Gasteiger partial charge in [0.25, 0.3) is 5.91 Å². The van der Waals surface area contributed by atoms with E-state index in [1.165, 1.54) is 35.6 Å². The lowest BCUT2D eigenvalue weighted by molar-refractivity contribution is 0.0963. The molecule has 1 aromatic carbocycles. The Hall–Kier alpha value is -1.74. The summed E-state index contributed by atoms with van der Waals surface area (Å²) in [5.41, 5.74) is 1.48. The molecule has 0 saturated carbocycles. The molecule has 2 atom stereocenters. The van der Waals surface area contributed by atoms with Gasteiger partial charge < -0.3 is 10.4 Å². The van der Waals surface area contributed by atoms with Gasteiger partial charge in [-0.15, -0.1) is 0 Å². The minimum Gasteiger partial charge on any atom is -0.396 e. The van der Waals surface area contributed by atoms with Gasteiger partial charge in [-0.25, -0.2) is 8.42 Å². The fourth-order valence-corrected chi connectivity index (χ4v) is 5.40. The molecule has 1 aliphatic heterocycles. The van der Waals surface area contributed by atoms with Gasteiger partial charge >= 0.3 is 0 Å². The summed E-state index contributed by atoms with van der Waals surface area (Å²) in [6.45, 7) is 0.584. The van der Waals surface area contributed by atoms with Gasteiger partial charge in [-0.2, -0.15) is 15.6 Å². The second-order valence-electron chi connectivity index (χ2n) is 6.03. The number of aliphatic hydroxyl groups excluding tert-OH is 1. The van der Waals surface area contributed by atoms with Crippen molar-refractivity contribution in [3.8, 4) is 0 Å². The van der Waals surface area contributed by atoms with Crippen molar-refractivity contribution >= 4 is 27.3 Å². The van der Waals surface area contributed by atoms with Crippen LogP contribution < -0.4 is 5.32 Å². The van der Waals surface area contributed by atoms with Crippen molar-refractivity contribution in [3.63, 3.8) is 0 Å². The molecule has 6 nitrogen and oxygen atoms in total. The zero-order valence-electron chi connectivity index (χ0n) is 13.8. The number of sulfonamides is 1. The Balaban J connectivity index is 1.84. The largest absolute Gasteiger partial charge is 0.396 e. The molecule has 0 aliphatic carbocycles. The number of aliphatic hydroxyl groups is 1. The standard InChI is InChI=1S/C17H20N2O4S2/c1-18-17(21)12-2-4-15(5-3-12)25(22,23)19-8-14(10-20)16(9-19)13-6-7-24-11-13/h2-7,11,14,16,20H,8-10H2,1H3,(H,18,21)/t14-,16-/m0/s1. The van der Waals surface area contributed by atoms with Crippen LogP contribution in [0.15, 0.2) is 46.0 Å². The third kappa shape index (κ3) is 3.48. The van der Waals surface area contributed by atoms with Crippen molar-refractivity contribution in [2.24, 2.45) is 5.92 Å². The van der Waals surface area contributed by atoms with E-state index in [9.17, 15) is 18.3 Å². The Bertz CT molecular complexity index is 832. The summed E-state index contributed by atoms with van der Waals surface area (Å²) in [6.07, 6.45) is 0. The van der Waals surface area contributed by atoms with E-state index in [0.29, 0.717) is 12.1 Å². The Morgan fingerprint density at radius 3 is 2.56 bits per heavy atom. The van der Waals surface area contributed by atoms with Gasteiger partial charge in [0.05, 0.1) is 4.90 Å². The van der Waals surface area contributed by atoms with Crippen LogP contribution in [0.3, 0.4) is 0 Å². The number of nitrogens with zero attached hydrogens (tertiary/aromatic N) is 1. The Labute approximate surface area is 151 Å². The average molecular weight is 380 g/mol. The first-order chi connectivity index (χ1) is 12.0. The van der Waals surface area contributed by atoms with Gasteiger partial charge in [0, 0.05) is 44.1 Å². The van der Waals surface area contributed by atoms with Crippen LogP contribution >= 0.6 is 11.3 Å². The van der Waals surface area contributed by atoms with Gasteiger partial charge in [0.1, 0.15) is 0 Å². The van der Waals surface area contributed by atoms with Crippen LogP contribution in [0, 0.1) is 5.92 Å². The van der Waals surface area contributed by atoms with Crippen molar-refractivity contribution in [3.05, 3.63) is 52.2 Å². The zero-order valence-corrected chi connectivity index (χ0v) is 15.4. The molecule has 2 aromatic rings. The van der Waals surface area contributed by atoms with E-state index in [0.717, 1.165) is 5.56 Å². The number of amides is 1. The number of carbonyl (C=O) groups excluding carboxylic acids is 1. The average Bonchev–Trinajstić information content (AvgIpc) is 3.30. The lowest BCUT2D eigenvalue weighted by atomic mass is 9.92. The van der Waals surface area contributed by atoms with E-state index in [4.69, 9.17) is 0 Å². The molecular formula is C17H20N2O4S2. The topological polar surface area (TPSA) is 86.7 Å². The molecule has 1 amide bonds. The van der Waals surface area contributed by atoms with Crippen LogP contribution in [0.2, 0.25) is 0 Å². The molecule has 0 spiro atoms. The molecule has 0 bridgehead atoms. The van der Waals surface area contributed by atoms with E-state index in [1.54, 1.807) is 11.3 Å². The smallest absolute Gasteiger partial charge is 0.251 e. The van der Waals surface area contributed by atoms with Crippen LogP contribution in [-0.4, -0.2) is 50.5 Å². The summed E-state index contributed by atoms with van der Waals surface area (Å²) < 4.78 is 27.2. The fourth-order valence-electron chi connectivity index (χ4n) is 3.15. The van der Waals surface area contributed by atoms with Crippen molar-refractivity contribution in [1.82, 2.24) is 9.62 Å². The Morgan fingerprint density at radius 1 is 1.28 bits per heavy atom. The van der Waals surface area contributed by atoms with Crippen molar-refractivity contribution in [2.75, 3.05) is 26.7 Å². The maximum absolute atomic E-state index is 12.9. The number of thiophene rings is 1. The Kier molecular flexibility index (Phi) is 5.24. The number of benzene rings is 1. The lowest BCUT2D eigenvalue weighted by Gasteiger charge is -2.16. The predicted octanol–water partition coefficient (Wildman–Crippen LogP) is 1.50. The van der Waals surface area contributed by atoms with Gasteiger partial charge in [0.15, 0.2) is 0 Å². The quantitative estimate of drug-likeness (QED) is 0.823. The first kappa shape index (κ1) is 18.1. The number of hydrogen-bond acceptors (Lipinski definition) is 5. The fraction of sp³-hybridized carbons (Fsp3) is 0.353. The van der Waals surface area contributed by atoms with Gasteiger partial charge in [-0.3, -0.25) is 4.79 Å². The SMILES string of the molecule is CNC(=O)c1ccc(S(=O)(=O)N2C[C@@H](CO)[C@H](c3ccsc3)C2)cc1. The molecule has 25 heavy (non-hydrogen) atoms. The van der Waals surface area contributed by atoms with Crippen LogP contribution in [0.1, 0.15) is 21.8 Å². The molecule has 1 aromatic heterocycles. The highest BCUT2D eigenvalue weighted by atomic mass is 32.2. The summed E-state index contributed by atoms with van der Waals surface area (Å²) in [6, 6.07) is 7.88. The monoisotopic (exact) mass is 380 g/mol. The molecule has 0 radical (unpaired) electrons. The van der Waals surface area contributed by atoms with Gasteiger partial charge in [0.2, 0.25) is 10.0 Å². The second kappa shape index (κ2) is 7.25. The summed E-state index contributed by atoms with van der Waals surface area (Å²) in [4.78, 5) is 11.7. The molecule has 3 rings (SSSR count). The highest BCUT2D eigenvalue weighted by Gasteiger charge is 2.39. The minimum atomic E-state index is -3.66. The second-order valence-corrected chi connectivity index (χ2v) is 8.75. The zero-order chi connectivity index (χ0) is 18.0. The van der Waals surface area contributed by atoms with Crippen molar-refractivity contribution in [1.29, 1.82) is 0 Å². The lowest BCUT2D eigenvalue weighted by Crippen LogP contribution is -2.29. The van der Waals surface area contributed by atoms with Gasteiger partial charge in [-0.05, 0) is 46.7 Å². The van der Waals surface area contributed by atoms with E-state index in [-0.39, 0.29) is 35.8 Å². The normalized spacial score (nSPS) is 21.4. The molecule has 2 N–H and O–H groups in total. The summed E-state index contributed by atoms with van der Waals surface area (Å²) >= 11 is 1.56. The Morgan fingerprint density at radius 2 is 2.00 bits per heavy atom. The molecule has 1 saturated heterocycles. The maximum atomic E-state index is 12.9. The number of rotatable bonds is 5. The number of nitrogens with one attached hydrogen (secondary N) is 1. The first-order valence-electron chi connectivity index (χ1n) is 7.92. The van der Waals surface area contributed by atoms with E-state index in [2.05, 4.69) is 5.32 Å². The van der Waals surface area contributed by atoms with Gasteiger partial charge in [-0.1, -0.05) is 0 Å². The molecular weight excluding hydrogens is 360 g/mol. The summed E-state index contributed by atoms with van der Waals surface area (Å²) in [5.74, 6) is -0.381. The molecule has 8 heteroatoms. The molecule has 134 valence electrons. The van der Waals surface area contributed by atoms with Crippen LogP contribution in [-0.2, 0) is 10.0 Å². The first-order valence-corrected chi connectivity index (χ1v) is 10.3. The summed E-state index contributed by atoms with van der Waals surface area (Å²) in [7, 11) is -2.14. The third-order valence-corrected chi connectivity index (χ3v) is 7.14. The van der Waals surface area contributed by atoms with Crippen LogP contribution in [0.25, 0.3) is 0 Å². The predicted molar refractivity (Wildman–Crippen MR) is 96.2 cm³/mol. The van der Waals surface area contributed by atoms with Crippen LogP contribution in [0.5, 0.6) is 0 Å². The molecule has 1 aliphatic rings. The molecule has 2 heterocycles. The van der Waals surface area contributed by atoms with Crippen LogP contribution in [0.4, 0.5) is 0 Å². The van der Waals surface area contributed by atoms with Crippen molar-refractivity contribution < 1.29 is 18.3 Å². The summed E-state index contributed by atoms with van der Waals surface area (Å²) in [5, 5.41) is 16.1. The van der Waals surface area contributed by atoms with E-state index < -0.39 is 10.0 Å². The highest BCUT2D eigenvalue weighted by Crippen LogP contribution is 2.36.